The van der Waals surface area contributed by atoms with Gasteiger partial charge in [0, 0.05) is 6.04 Å². The summed E-state index contributed by atoms with van der Waals surface area (Å²) in [4.78, 5) is 22.3. The smallest absolute Gasteiger partial charge is 0.305 e. The fourth-order valence-electron chi connectivity index (χ4n) is 1.57. The molecule has 0 saturated heterocycles. The van der Waals surface area contributed by atoms with Gasteiger partial charge in [-0.3, -0.25) is 9.59 Å². The Hall–Kier alpha value is -1.84. The van der Waals surface area contributed by atoms with Gasteiger partial charge in [-0.15, -0.1) is 0 Å². The van der Waals surface area contributed by atoms with Crippen molar-refractivity contribution in [1.82, 2.24) is 5.32 Å². The fraction of sp³-hybridized carbons (Fsp3) is 0.385. The topological polar surface area (TPSA) is 66.4 Å². The van der Waals surface area contributed by atoms with Gasteiger partial charge in [-0.05, 0) is 19.4 Å². The molecule has 92 valence electrons. The molecule has 0 aromatic heterocycles. The van der Waals surface area contributed by atoms with E-state index < -0.39 is 5.97 Å². The molecule has 0 radical (unpaired) electrons. The van der Waals surface area contributed by atoms with Crippen LogP contribution in [0, 0.1) is 0 Å². The molecular formula is C13H17NO3. The summed E-state index contributed by atoms with van der Waals surface area (Å²) in [6.07, 6.45) is -0.0623. The van der Waals surface area contributed by atoms with E-state index in [0.29, 0.717) is 0 Å². The average molecular weight is 235 g/mol. The highest BCUT2D eigenvalue weighted by Gasteiger charge is 2.17. The van der Waals surface area contributed by atoms with E-state index in [1.54, 1.807) is 13.8 Å². The SMILES string of the molecule is CC(CC(=O)O)NC(=O)[C@@H](C)c1ccccc1. The van der Waals surface area contributed by atoms with Crippen molar-refractivity contribution in [2.45, 2.75) is 32.2 Å². The van der Waals surface area contributed by atoms with Crippen molar-refractivity contribution in [3.63, 3.8) is 0 Å². The maximum atomic E-state index is 11.8. The predicted octanol–water partition coefficient (Wildman–Crippen LogP) is 1.77. The molecule has 0 saturated carbocycles. The van der Waals surface area contributed by atoms with E-state index >= 15 is 0 Å². The zero-order valence-corrected chi connectivity index (χ0v) is 10.0. The molecule has 0 aliphatic carbocycles. The number of rotatable bonds is 5. The van der Waals surface area contributed by atoms with Crippen LogP contribution in [-0.2, 0) is 9.59 Å². The number of benzene rings is 1. The molecule has 1 aromatic carbocycles. The average Bonchev–Trinajstić information content (AvgIpc) is 2.28. The summed E-state index contributed by atoms with van der Waals surface area (Å²) < 4.78 is 0. The zero-order chi connectivity index (χ0) is 12.8. The van der Waals surface area contributed by atoms with Gasteiger partial charge in [0.2, 0.25) is 5.91 Å². The van der Waals surface area contributed by atoms with Crippen molar-refractivity contribution < 1.29 is 14.7 Å². The van der Waals surface area contributed by atoms with Gasteiger partial charge in [0.05, 0.1) is 12.3 Å². The van der Waals surface area contributed by atoms with Crippen LogP contribution in [0.15, 0.2) is 30.3 Å². The number of carboxylic acids is 1. The van der Waals surface area contributed by atoms with Crippen LogP contribution >= 0.6 is 0 Å². The first-order chi connectivity index (χ1) is 8.00. The summed E-state index contributed by atoms with van der Waals surface area (Å²) in [5, 5.41) is 11.3. The van der Waals surface area contributed by atoms with Gasteiger partial charge >= 0.3 is 5.97 Å². The summed E-state index contributed by atoms with van der Waals surface area (Å²) in [5.41, 5.74) is 0.924. The van der Waals surface area contributed by atoms with Crippen molar-refractivity contribution in [3.05, 3.63) is 35.9 Å². The Morgan fingerprint density at radius 1 is 1.24 bits per heavy atom. The largest absolute Gasteiger partial charge is 0.481 e. The molecule has 0 aliphatic heterocycles. The summed E-state index contributed by atoms with van der Waals surface area (Å²) in [5.74, 6) is -1.33. The van der Waals surface area contributed by atoms with Crippen LogP contribution < -0.4 is 5.32 Å². The van der Waals surface area contributed by atoms with Crippen LogP contribution in [0.1, 0.15) is 31.7 Å². The third-order valence-corrected chi connectivity index (χ3v) is 2.56. The molecule has 17 heavy (non-hydrogen) atoms. The van der Waals surface area contributed by atoms with Crippen molar-refractivity contribution in [2.24, 2.45) is 0 Å². The van der Waals surface area contributed by atoms with Gasteiger partial charge in [0.25, 0.3) is 0 Å². The summed E-state index contributed by atoms with van der Waals surface area (Å²) in [6, 6.07) is 9.05. The summed E-state index contributed by atoms with van der Waals surface area (Å²) >= 11 is 0. The number of hydrogen-bond acceptors (Lipinski definition) is 2. The molecule has 4 heteroatoms. The van der Waals surface area contributed by atoms with Crippen molar-refractivity contribution in [3.8, 4) is 0 Å². The highest BCUT2D eigenvalue weighted by molar-refractivity contribution is 5.83. The lowest BCUT2D eigenvalue weighted by atomic mass is 10.00. The first-order valence-electron chi connectivity index (χ1n) is 5.58. The Labute approximate surface area is 101 Å². The van der Waals surface area contributed by atoms with Gasteiger partial charge in [-0.25, -0.2) is 0 Å². The Kier molecular flexibility index (Phi) is 4.69. The molecule has 1 amide bonds. The maximum Gasteiger partial charge on any atom is 0.305 e. The van der Waals surface area contributed by atoms with E-state index in [2.05, 4.69) is 5.32 Å². The van der Waals surface area contributed by atoms with Crippen LogP contribution in [0.5, 0.6) is 0 Å². The van der Waals surface area contributed by atoms with Gasteiger partial charge in [0.15, 0.2) is 0 Å². The van der Waals surface area contributed by atoms with Gasteiger partial charge < -0.3 is 10.4 Å². The number of carbonyl (C=O) groups excluding carboxylic acids is 1. The van der Waals surface area contributed by atoms with E-state index in [-0.39, 0.29) is 24.3 Å². The lowest BCUT2D eigenvalue weighted by Crippen LogP contribution is -2.36. The molecule has 2 N–H and O–H groups in total. The lowest BCUT2D eigenvalue weighted by molar-refractivity contribution is -0.137. The molecule has 0 spiro atoms. The van der Waals surface area contributed by atoms with E-state index in [1.807, 2.05) is 30.3 Å². The predicted molar refractivity (Wildman–Crippen MR) is 64.7 cm³/mol. The van der Waals surface area contributed by atoms with Crippen LogP contribution in [0.25, 0.3) is 0 Å². The molecule has 1 rings (SSSR count). The molecule has 0 heterocycles. The van der Waals surface area contributed by atoms with E-state index in [4.69, 9.17) is 5.11 Å². The van der Waals surface area contributed by atoms with Crippen LogP contribution in [0.3, 0.4) is 0 Å². The molecular weight excluding hydrogens is 218 g/mol. The molecule has 1 unspecified atom stereocenters. The van der Waals surface area contributed by atoms with Gasteiger partial charge in [-0.1, -0.05) is 30.3 Å². The standard InChI is InChI=1S/C13H17NO3/c1-9(8-12(15)16)14-13(17)10(2)11-6-4-3-5-7-11/h3-7,9-10H,8H2,1-2H3,(H,14,17)(H,15,16)/t9?,10-/m0/s1. The highest BCUT2D eigenvalue weighted by Crippen LogP contribution is 2.14. The number of aliphatic carboxylic acids is 1. The molecule has 0 fully saturated rings. The molecule has 0 bridgehead atoms. The summed E-state index contributed by atoms with van der Waals surface area (Å²) in [7, 11) is 0. The number of hydrogen-bond donors (Lipinski definition) is 2. The van der Waals surface area contributed by atoms with Crippen molar-refractivity contribution in [2.75, 3.05) is 0 Å². The minimum Gasteiger partial charge on any atom is -0.481 e. The Bertz CT molecular complexity index is 389. The lowest BCUT2D eigenvalue weighted by Gasteiger charge is -2.16. The van der Waals surface area contributed by atoms with Crippen LogP contribution in [-0.4, -0.2) is 23.0 Å². The fourth-order valence-corrected chi connectivity index (χ4v) is 1.57. The van der Waals surface area contributed by atoms with Crippen molar-refractivity contribution >= 4 is 11.9 Å². The highest BCUT2D eigenvalue weighted by atomic mass is 16.4. The van der Waals surface area contributed by atoms with E-state index in [1.165, 1.54) is 0 Å². The quantitative estimate of drug-likeness (QED) is 0.817. The van der Waals surface area contributed by atoms with E-state index in [0.717, 1.165) is 5.56 Å². The Morgan fingerprint density at radius 2 is 1.82 bits per heavy atom. The second kappa shape index (κ2) is 6.03. The first kappa shape index (κ1) is 13.2. The third kappa shape index (κ3) is 4.26. The number of amides is 1. The Balaban J connectivity index is 2.56. The van der Waals surface area contributed by atoms with Gasteiger partial charge in [-0.2, -0.15) is 0 Å². The second-order valence-electron chi connectivity index (χ2n) is 4.14. The van der Waals surface area contributed by atoms with Gasteiger partial charge in [0.1, 0.15) is 0 Å². The summed E-state index contributed by atoms with van der Waals surface area (Å²) in [6.45, 7) is 3.49. The number of carbonyl (C=O) groups is 2. The Morgan fingerprint density at radius 3 is 2.35 bits per heavy atom. The molecule has 4 nitrogen and oxygen atoms in total. The maximum absolute atomic E-state index is 11.8. The second-order valence-corrected chi connectivity index (χ2v) is 4.14. The number of carboxylic acid groups (broad SMARTS) is 1. The zero-order valence-electron chi connectivity index (χ0n) is 10.0. The van der Waals surface area contributed by atoms with Crippen LogP contribution in [0.4, 0.5) is 0 Å². The van der Waals surface area contributed by atoms with E-state index in [9.17, 15) is 9.59 Å². The van der Waals surface area contributed by atoms with Crippen molar-refractivity contribution in [1.29, 1.82) is 0 Å². The number of nitrogens with one attached hydrogen (secondary N) is 1. The third-order valence-electron chi connectivity index (χ3n) is 2.56. The normalized spacial score (nSPS) is 13.8. The minimum atomic E-state index is -0.912. The molecule has 1 aromatic rings. The van der Waals surface area contributed by atoms with Crippen LogP contribution in [0.2, 0.25) is 0 Å². The minimum absolute atomic E-state index is 0.0623. The first-order valence-corrected chi connectivity index (χ1v) is 5.58. The monoisotopic (exact) mass is 235 g/mol. The molecule has 0 aliphatic rings. The molecule has 2 atom stereocenters.